The molecule has 0 aromatic heterocycles. The van der Waals surface area contributed by atoms with Gasteiger partial charge in [-0.05, 0) is 37.3 Å². The average Bonchev–Trinajstić information content (AvgIpc) is 3.25. The number of nitrogens with two attached hydrogens (primary N) is 1. The van der Waals surface area contributed by atoms with Gasteiger partial charge in [0.15, 0.2) is 0 Å². The number of carbonyl (C=O) groups excluding carboxylic acids is 2. The number of nitrogens with one attached hydrogen (secondary N) is 1. The van der Waals surface area contributed by atoms with Crippen LogP contribution in [-0.4, -0.2) is 49.1 Å². The van der Waals surface area contributed by atoms with Crippen molar-refractivity contribution in [3.8, 4) is 0 Å². The first-order valence-corrected chi connectivity index (χ1v) is 8.14. The highest BCUT2D eigenvalue weighted by molar-refractivity contribution is 6.03. The van der Waals surface area contributed by atoms with E-state index in [0.29, 0.717) is 29.8 Å². The van der Waals surface area contributed by atoms with Gasteiger partial charge in [0.25, 0.3) is 5.91 Å². The van der Waals surface area contributed by atoms with Crippen LogP contribution in [0.25, 0.3) is 0 Å². The van der Waals surface area contributed by atoms with Gasteiger partial charge in [-0.2, -0.15) is 0 Å². The minimum Gasteiger partial charge on any atom is -0.381 e. The maximum atomic E-state index is 12.4. The molecule has 6 nitrogen and oxygen atoms in total. The Morgan fingerprint density at radius 2 is 2.04 bits per heavy atom. The van der Waals surface area contributed by atoms with Gasteiger partial charge in [-0.1, -0.05) is 12.1 Å². The van der Waals surface area contributed by atoms with Crippen LogP contribution < -0.4 is 11.1 Å². The Morgan fingerprint density at radius 3 is 2.70 bits per heavy atom. The van der Waals surface area contributed by atoms with Crippen LogP contribution in [0.4, 0.5) is 5.69 Å². The number of anilines is 1. The first kappa shape index (κ1) is 16.0. The second kappa shape index (κ2) is 7.10. The van der Waals surface area contributed by atoms with Gasteiger partial charge < -0.3 is 15.8 Å². The van der Waals surface area contributed by atoms with Crippen LogP contribution in [0.15, 0.2) is 24.3 Å². The molecule has 1 aliphatic heterocycles. The van der Waals surface area contributed by atoms with E-state index in [9.17, 15) is 9.59 Å². The third-order valence-corrected chi connectivity index (χ3v) is 4.39. The number of amides is 2. The van der Waals surface area contributed by atoms with Gasteiger partial charge >= 0.3 is 0 Å². The molecule has 2 amide bonds. The van der Waals surface area contributed by atoms with Crippen molar-refractivity contribution in [2.75, 3.05) is 31.6 Å². The van der Waals surface area contributed by atoms with E-state index in [4.69, 9.17) is 10.5 Å². The Morgan fingerprint density at radius 1 is 1.26 bits per heavy atom. The number of benzene rings is 1. The van der Waals surface area contributed by atoms with Crippen molar-refractivity contribution in [2.24, 2.45) is 11.7 Å². The lowest BCUT2D eigenvalue weighted by molar-refractivity contribution is -0.117. The normalized spacial score (nSPS) is 20.7. The molecule has 3 rings (SSSR count). The van der Waals surface area contributed by atoms with Gasteiger partial charge in [0.2, 0.25) is 5.91 Å². The van der Waals surface area contributed by atoms with E-state index < -0.39 is 5.91 Å². The number of primary amides is 1. The summed E-state index contributed by atoms with van der Waals surface area (Å²) in [5, 5.41) is 2.82. The Kier molecular flexibility index (Phi) is 4.93. The van der Waals surface area contributed by atoms with Gasteiger partial charge in [0, 0.05) is 19.2 Å². The summed E-state index contributed by atoms with van der Waals surface area (Å²) in [7, 11) is 0. The smallest absolute Gasteiger partial charge is 0.250 e. The van der Waals surface area contributed by atoms with Crippen LogP contribution in [-0.2, 0) is 9.53 Å². The SMILES string of the molecule is NC(=O)c1ccccc1NC(=O)CN(C[C@@H]1CCOC1)C1CC1. The molecular weight excluding hydrogens is 294 g/mol. The number of hydrogen-bond acceptors (Lipinski definition) is 4. The van der Waals surface area contributed by atoms with Gasteiger partial charge in [-0.3, -0.25) is 14.5 Å². The minimum atomic E-state index is -0.539. The van der Waals surface area contributed by atoms with Gasteiger partial charge in [-0.15, -0.1) is 0 Å². The van der Waals surface area contributed by atoms with Gasteiger partial charge in [0.05, 0.1) is 24.4 Å². The predicted octanol–water partition coefficient (Wildman–Crippen LogP) is 1.22. The summed E-state index contributed by atoms with van der Waals surface area (Å²) in [6.07, 6.45) is 3.37. The lowest BCUT2D eigenvalue weighted by atomic mass is 10.1. The van der Waals surface area contributed by atoms with E-state index in [-0.39, 0.29) is 5.91 Å². The molecule has 1 aromatic rings. The summed E-state index contributed by atoms with van der Waals surface area (Å²) in [5.74, 6) is -0.131. The summed E-state index contributed by atoms with van der Waals surface area (Å²) in [5.41, 5.74) is 6.16. The first-order chi connectivity index (χ1) is 11.1. The topological polar surface area (TPSA) is 84.7 Å². The van der Waals surface area contributed by atoms with Crippen molar-refractivity contribution in [2.45, 2.75) is 25.3 Å². The summed E-state index contributed by atoms with van der Waals surface area (Å²) in [6.45, 7) is 2.85. The highest BCUT2D eigenvalue weighted by atomic mass is 16.5. The van der Waals surface area contributed by atoms with E-state index in [1.807, 2.05) is 0 Å². The van der Waals surface area contributed by atoms with Crippen molar-refractivity contribution in [1.82, 2.24) is 4.90 Å². The van der Waals surface area contributed by atoms with Crippen molar-refractivity contribution in [1.29, 1.82) is 0 Å². The third kappa shape index (κ3) is 4.30. The summed E-state index contributed by atoms with van der Waals surface area (Å²) in [6, 6.07) is 7.33. The van der Waals surface area contributed by atoms with E-state index in [1.165, 1.54) is 0 Å². The number of ether oxygens (including phenoxy) is 1. The number of para-hydroxylation sites is 1. The van der Waals surface area contributed by atoms with Crippen LogP contribution >= 0.6 is 0 Å². The Labute approximate surface area is 136 Å². The molecule has 3 N–H and O–H groups in total. The molecule has 1 atom stereocenters. The summed E-state index contributed by atoms with van der Waals surface area (Å²) in [4.78, 5) is 26.0. The summed E-state index contributed by atoms with van der Waals surface area (Å²) < 4.78 is 5.42. The quantitative estimate of drug-likeness (QED) is 0.792. The van der Waals surface area contributed by atoms with Crippen LogP contribution in [0, 0.1) is 5.92 Å². The molecule has 2 fully saturated rings. The van der Waals surface area contributed by atoms with Crippen molar-refractivity contribution in [3.05, 3.63) is 29.8 Å². The fourth-order valence-electron chi connectivity index (χ4n) is 3.02. The molecular formula is C17H23N3O3. The van der Waals surface area contributed by atoms with E-state index in [1.54, 1.807) is 24.3 Å². The van der Waals surface area contributed by atoms with Crippen molar-refractivity contribution >= 4 is 17.5 Å². The molecule has 1 aromatic carbocycles. The second-order valence-electron chi connectivity index (χ2n) is 6.35. The Balaban J connectivity index is 1.60. The molecule has 1 saturated heterocycles. The molecule has 0 spiro atoms. The number of hydrogen-bond donors (Lipinski definition) is 2. The fraction of sp³-hybridized carbons (Fsp3) is 0.529. The van der Waals surface area contributed by atoms with E-state index in [0.717, 1.165) is 39.0 Å². The average molecular weight is 317 g/mol. The maximum Gasteiger partial charge on any atom is 0.250 e. The number of nitrogens with zero attached hydrogens (tertiary/aromatic N) is 1. The zero-order valence-electron chi connectivity index (χ0n) is 13.2. The van der Waals surface area contributed by atoms with E-state index >= 15 is 0 Å². The van der Waals surface area contributed by atoms with Crippen LogP contribution in [0.2, 0.25) is 0 Å². The van der Waals surface area contributed by atoms with Gasteiger partial charge in [-0.25, -0.2) is 0 Å². The Bertz CT molecular complexity index is 580. The molecule has 6 heteroatoms. The number of carbonyl (C=O) groups is 2. The van der Waals surface area contributed by atoms with Crippen LogP contribution in [0.5, 0.6) is 0 Å². The van der Waals surface area contributed by atoms with Crippen LogP contribution in [0.1, 0.15) is 29.6 Å². The molecule has 0 unspecified atom stereocenters. The molecule has 2 aliphatic rings. The highest BCUT2D eigenvalue weighted by Crippen LogP contribution is 2.28. The van der Waals surface area contributed by atoms with Crippen molar-refractivity contribution in [3.63, 3.8) is 0 Å². The zero-order chi connectivity index (χ0) is 16.2. The third-order valence-electron chi connectivity index (χ3n) is 4.39. The fourth-order valence-corrected chi connectivity index (χ4v) is 3.02. The van der Waals surface area contributed by atoms with Gasteiger partial charge in [0.1, 0.15) is 0 Å². The lowest BCUT2D eigenvalue weighted by Crippen LogP contribution is -2.38. The number of rotatable bonds is 7. The largest absolute Gasteiger partial charge is 0.381 e. The monoisotopic (exact) mass is 317 g/mol. The second-order valence-corrected chi connectivity index (χ2v) is 6.35. The summed E-state index contributed by atoms with van der Waals surface area (Å²) >= 11 is 0. The molecule has 23 heavy (non-hydrogen) atoms. The molecule has 1 heterocycles. The maximum absolute atomic E-state index is 12.4. The first-order valence-electron chi connectivity index (χ1n) is 8.14. The highest BCUT2D eigenvalue weighted by Gasteiger charge is 2.32. The van der Waals surface area contributed by atoms with E-state index in [2.05, 4.69) is 10.2 Å². The molecule has 1 saturated carbocycles. The lowest BCUT2D eigenvalue weighted by Gasteiger charge is -2.24. The molecule has 0 bridgehead atoms. The molecule has 1 aliphatic carbocycles. The molecule has 124 valence electrons. The van der Waals surface area contributed by atoms with Crippen molar-refractivity contribution < 1.29 is 14.3 Å². The molecule has 0 radical (unpaired) electrons. The Hall–Kier alpha value is -1.92. The predicted molar refractivity (Wildman–Crippen MR) is 87.1 cm³/mol. The van der Waals surface area contributed by atoms with Crippen LogP contribution in [0.3, 0.4) is 0 Å². The standard InChI is InChI=1S/C17H23N3O3/c18-17(22)14-3-1-2-4-15(14)19-16(21)10-20(13-5-6-13)9-12-7-8-23-11-12/h1-4,12-13H,5-11H2,(H2,18,22)(H,19,21)/t12-/m0/s1. The minimum absolute atomic E-state index is 0.107. The zero-order valence-corrected chi connectivity index (χ0v) is 13.2.